The van der Waals surface area contributed by atoms with Crippen LogP contribution in [-0.2, 0) is 38.9 Å². The van der Waals surface area contributed by atoms with Crippen LogP contribution in [0.1, 0.15) is 41.8 Å². The number of methoxy groups -OCH3 is 1. The molecule has 204 valence electrons. The number of sulfonamides is 1. The molecule has 38 heavy (non-hydrogen) atoms. The summed E-state index contributed by atoms with van der Waals surface area (Å²) in [5.74, 6) is 1.77. The van der Waals surface area contributed by atoms with Crippen LogP contribution in [0.5, 0.6) is 5.75 Å². The zero-order valence-electron chi connectivity index (χ0n) is 22.7. The lowest BCUT2D eigenvalue weighted by Gasteiger charge is -2.20. The number of aromatic nitrogens is 2. The highest BCUT2D eigenvalue weighted by molar-refractivity contribution is 7.89. The number of ketones is 1. The van der Waals surface area contributed by atoms with Crippen molar-refractivity contribution < 1.29 is 22.7 Å². The van der Waals surface area contributed by atoms with Gasteiger partial charge in [-0.05, 0) is 61.9 Å². The molecular formula is C29H37N3O5S. The maximum atomic E-state index is 13.1. The Labute approximate surface area is 225 Å². The third-order valence-corrected chi connectivity index (χ3v) is 9.17. The van der Waals surface area contributed by atoms with Crippen LogP contribution in [0.15, 0.2) is 47.5 Å². The molecule has 4 rings (SSSR count). The number of Topliss-reactive ketones (excluding diaryl/α,β-unsaturated/α-hetero) is 1. The van der Waals surface area contributed by atoms with Gasteiger partial charge in [-0.3, -0.25) is 4.79 Å². The predicted molar refractivity (Wildman–Crippen MR) is 147 cm³/mol. The Hall–Kier alpha value is -3.01. The standard InChI is InChI=1S/C29H37N3O5S/c1-21-17-26(36-4)18-22(2)29(21)38(34,35)31(3)15-16-37-20-25(33)13-10-23-8-11-24(12-9-23)27-19-32-14-6-5-7-28(32)30-27/h8-9,11-12,17-19H,5-7,10,13-16,20H2,1-4H3. The molecule has 0 N–H and O–H groups in total. The number of imidazole rings is 1. The molecule has 0 bridgehead atoms. The van der Waals surface area contributed by atoms with Crippen LogP contribution in [0.3, 0.4) is 0 Å². The molecule has 0 saturated heterocycles. The van der Waals surface area contributed by atoms with Crippen LogP contribution < -0.4 is 4.74 Å². The SMILES string of the molecule is COc1cc(C)c(S(=O)(=O)N(C)CCOCC(=O)CCc2ccc(-c3cn4c(n3)CCCC4)cc2)c(C)c1. The summed E-state index contributed by atoms with van der Waals surface area (Å²) in [6.07, 6.45) is 6.58. The Kier molecular flexibility index (Phi) is 9.02. The van der Waals surface area contributed by atoms with Gasteiger partial charge in [-0.1, -0.05) is 24.3 Å². The summed E-state index contributed by atoms with van der Waals surface area (Å²) in [7, 11) is -0.618. The van der Waals surface area contributed by atoms with Gasteiger partial charge < -0.3 is 14.0 Å². The number of benzene rings is 2. The van der Waals surface area contributed by atoms with Gasteiger partial charge in [0.2, 0.25) is 10.0 Å². The van der Waals surface area contributed by atoms with E-state index >= 15 is 0 Å². The fourth-order valence-corrected chi connectivity index (χ4v) is 6.40. The molecule has 0 fully saturated rings. The number of likely N-dealkylation sites (N-methyl/N-ethyl adjacent to an activating group) is 1. The quantitative estimate of drug-likeness (QED) is 0.318. The topological polar surface area (TPSA) is 90.7 Å². The van der Waals surface area contributed by atoms with Crippen molar-refractivity contribution in [2.75, 3.05) is 33.9 Å². The lowest BCUT2D eigenvalue weighted by atomic mass is 10.0. The molecule has 9 heteroatoms. The van der Waals surface area contributed by atoms with E-state index in [1.165, 1.54) is 24.2 Å². The highest BCUT2D eigenvalue weighted by Crippen LogP contribution is 2.28. The minimum Gasteiger partial charge on any atom is -0.497 e. The van der Waals surface area contributed by atoms with E-state index in [4.69, 9.17) is 14.5 Å². The zero-order chi connectivity index (χ0) is 27.3. The number of hydrogen-bond acceptors (Lipinski definition) is 6. The molecule has 3 aromatic rings. The minimum absolute atomic E-state index is 0.0109. The van der Waals surface area contributed by atoms with Crippen LogP contribution in [0.2, 0.25) is 0 Å². The number of fused-ring (bicyclic) bond motifs is 1. The summed E-state index contributed by atoms with van der Waals surface area (Å²) in [5, 5.41) is 0. The lowest BCUT2D eigenvalue weighted by molar-refractivity contribution is -0.123. The number of carbonyl (C=O) groups is 1. The van der Waals surface area contributed by atoms with Gasteiger partial charge in [0.05, 0.1) is 24.3 Å². The molecule has 1 aliphatic heterocycles. The number of rotatable bonds is 12. The Morgan fingerprint density at radius 3 is 2.47 bits per heavy atom. The molecule has 1 aliphatic rings. The summed E-state index contributed by atoms with van der Waals surface area (Å²) in [6.45, 7) is 4.80. The van der Waals surface area contributed by atoms with Gasteiger partial charge in [0.25, 0.3) is 0 Å². The van der Waals surface area contributed by atoms with Crippen LogP contribution in [0.25, 0.3) is 11.3 Å². The van der Waals surface area contributed by atoms with E-state index in [0.29, 0.717) is 29.7 Å². The van der Waals surface area contributed by atoms with Crippen molar-refractivity contribution in [3.05, 3.63) is 65.1 Å². The van der Waals surface area contributed by atoms with E-state index in [-0.39, 0.29) is 30.4 Å². The van der Waals surface area contributed by atoms with Gasteiger partial charge in [0.15, 0.2) is 5.78 Å². The molecule has 8 nitrogen and oxygen atoms in total. The number of hydrogen-bond donors (Lipinski definition) is 0. The average Bonchev–Trinajstić information content (AvgIpc) is 3.34. The average molecular weight is 540 g/mol. The van der Waals surface area contributed by atoms with Gasteiger partial charge in [-0.15, -0.1) is 0 Å². The van der Waals surface area contributed by atoms with Crippen LogP contribution in [0.4, 0.5) is 0 Å². The van der Waals surface area contributed by atoms with Gasteiger partial charge >= 0.3 is 0 Å². The summed E-state index contributed by atoms with van der Waals surface area (Å²) < 4.78 is 40.4. The molecule has 0 aliphatic carbocycles. The fourth-order valence-electron chi connectivity index (χ4n) is 4.84. The Balaban J connectivity index is 1.21. The molecule has 1 aromatic heterocycles. The van der Waals surface area contributed by atoms with E-state index < -0.39 is 10.0 Å². The molecule has 0 radical (unpaired) electrons. The van der Waals surface area contributed by atoms with Crippen LogP contribution in [0, 0.1) is 13.8 Å². The number of nitrogens with zero attached hydrogens (tertiary/aromatic N) is 3. The first-order valence-electron chi connectivity index (χ1n) is 13.1. The maximum absolute atomic E-state index is 13.1. The summed E-state index contributed by atoms with van der Waals surface area (Å²) >= 11 is 0. The summed E-state index contributed by atoms with van der Waals surface area (Å²) in [6, 6.07) is 11.6. The van der Waals surface area contributed by atoms with Gasteiger partial charge in [0, 0.05) is 44.7 Å². The van der Waals surface area contributed by atoms with Crippen molar-refractivity contribution in [1.29, 1.82) is 0 Å². The Morgan fingerprint density at radius 2 is 1.82 bits per heavy atom. The van der Waals surface area contributed by atoms with Crippen molar-refractivity contribution in [1.82, 2.24) is 13.9 Å². The molecule has 2 aromatic carbocycles. The first-order chi connectivity index (χ1) is 18.2. The molecular weight excluding hydrogens is 502 g/mol. The molecule has 0 amide bonds. The van der Waals surface area contributed by atoms with E-state index in [2.05, 4.69) is 22.9 Å². The first kappa shape index (κ1) is 28.0. The number of ether oxygens (including phenoxy) is 2. The minimum atomic E-state index is -3.69. The van der Waals surface area contributed by atoms with Crippen molar-refractivity contribution >= 4 is 15.8 Å². The smallest absolute Gasteiger partial charge is 0.243 e. The summed E-state index contributed by atoms with van der Waals surface area (Å²) in [5.41, 5.74) is 4.43. The maximum Gasteiger partial charge on any atom is 0.243 e. The van der Waals surface area contributed by atoms with Gasteiger partial charge in [-0.2, -0.15) is 4.31 Å². The Bertz CT molecular complexity index is 1330. The molecule has 2 heterocycles. The third-order valence-electron chi connectivity index (χ3n) is 7.00. The number of aryl methyl sites for hydroxylation is 5. The van der Waals surface area contributed by atoms with Crippen LogP contribution in [-0.4, -0.2) is 62.0 Å². The second-order valence-corrected chi connectivity index (χ2v) is 11.9. The highest BCUT2D eigenvalue weighted by Gasteiger charge is 2.25. The summed E-state index contributed by atoms with van der Waals surface area (Å²) in [4.78, 5) is 17.4. The van der Waals surface area contributed by atoms with Crippen molar-refractivity contribution in [3.8, 4) is 17.0 Å². The highest BCUT2D eigenvalue weighted by atomic mass is 32.2. The fraction of sp³-hybridized carbons (Fsp3) is 0.448. The van der Waals surface area contributed by atoms with E-state index in [1.54, 1.807) is 33.1 Å². The molecule has 0 spiro atoms. The molecule has 0 unspecified atom stereocenters. The largest absolute Gasteiger partial charge is 0.497 e. The van der Waals surface area contributed by atoms with Crippen molar-refractivity contribution in [2.45, 2.75) is 57.4 Å². The zero-order valence-corrected chi connectivity index (χ0v) is 23.5. The first-order valence-corrected chi connectivity index (χ1v) is 14.5. The number of carbonyl (C=O) groups excluding carboxylic acids is 1. The van der Waals surface area contributed by atoms with Crippen LogP contribution >= 0.6 is 0 Å². The third kappa shape index (κ3) is 6.51. The monoisotopic (exact) mass is 539 g/mol. The van der Waals surface area contributed by atoms with E-state index in [9.17, 15) is 13.2 Å². The second-order valence-electron chi connectivity index (χ2n) is 9.90. The second kappa shape index (κ2) is 12.2. The van der Waals surface area contributed by atoms with Crippen molar-refractivity contribution in [3.63, 3.8) is 0 Å². The normalized spacial score (nSPS) is 13.5. The van der Waals surface area contributed by atoms with E-state index in [1.807, 2.05) is 12.1 Å². The molecule has 0 atom stereocenters. The predicted octanol–water partition coefficient (Wildman–Crippen LogP) is 4.35. The lowest BCUT2D eigenvalue weighted by Crippen LogP contribution is -2.31. The molecule has 0 saturated carbocycles. The van der Waals surface area contributed by atoms with Crippen molar-refractivity contribution in [2.24, 2.45) is 0 Å². The van der Waals surface area contributed by atoms with Gasteiger partial charge in [0.1, 0.15) is 18.2 Å². The van der Waals surface area contributed by atoms with Gasteiger partial charge in [-0.25, -0.2) is 13.4 Å². The Morgan fingerprint density at radius 1 is 1.11 bits per heavy atom. The van der Waals surface area contributed by atoms with E-state index in [0.717, 1.165) is 35.6 Å².